The number of unbranched alkanes of at least 4 members (excludes halogenated alkanes) is 5. The van der Waals surface area contributed by atoms with Crippen LogP contribution in [0, 0.1) is 29.6 Å². The number of benzene rings is 5. The number of nitrogens with one attached hydrogen (secondary N) is 9. The fourth-order valence-corrected chi connectivity index (χ4v) is 16.9. The molecule has 32 nitrogen and oxygen atoms in total. The van der Waals surface area contributed by atoms with Crippen molar-refractivity contribution in [2.75, 3.05) is 20.2 Å². The van der Waals surface area contributed by atoms with Crippen LogP contribution < -0.4 is 72.5 Å². The van der Waals surface area contributed by atoms with Gasteiger partial charge >= 0.3 is 6.09 Å². The minimum Gasteiger partial charge on any atom is -0.507 e. The van der Waals surface area contributed by atoms with E-state index in [0.717, 1.165) is 113 Å². The summed E-state index contributed by atoms with van der Waals surface area (Å²) in [7, 11) is 1.49. The summed E-state index contributed by atoms with van der Waals surface area (Å²) >= 11 is 14.2. The highest BCUT2D eigenvalue weighted by atomic mass is 35.5. The van der Waals surface area contributed by atoms with Crippen molar-refractivity contribution in [3.05, 3.63) is 117 Å². The second kappa shape index (κ2) is 35.2. The molecule has 10 aliphatic rings. The van der Waals surface area contributed by atoms with Gasteiger partial charge in [-0.2, -0.15) is 0 Å². The number of ether oxygens (including phenoxy) is 5. The highest BCUT2D eigenvalue weighted by Crippen LogP contribution is 2.55. The van der Waals surface area contributed by atoms with Crippen molar-refractivity contribution < 1.29 is 108 Å². The Morgan fingerprint density at radius 3 is 1.86 bits per heavy atom. The van der Waals surface area contributed by atoms with Crippen LogP contribution >= 0.6 is 23.2 Å². The number of carbonyl (C=O) groups is 9. The van der Waals surface area contributed by atoms with Crippen molar-refractivity contribution in [1.29, 1.82) is 0 Å². The Kier molecular flexibility index (Phi) is 25.7. The first kappa shape index (κ1) is 81.9. The second-order valence-corrected chi connectivity index (χ2v) is 31.2. The average Bonchev–Trinajstić information content (AvgIpc) is 0.687. The molecule has 0 aromatic heterocycles. The molecule has 0 spiro atoms. The lowest BCUT2D eigenvalue weighted by molar-refractivity contribution is -0.277. The van der Waals surface area contributed by atoms with E-state index in [4.69, 9.17) is 52.6 Å². The smallest absolute Gasteiger partial charge is 0.412 e. The molecule has 5 unspecified atom stereocenters. The number of aliphatic hydroxyl groups excluding tert-OH is 6. The van der Waals surface area contributed by atoms with Crippen LogP contribution in [0.2, 0.25) is 10.0 Å². The van der Waals surface area contributed by atoms with Crippen LogP contribution in [-0.2, 0) is 43.1 Å². The Bertz CT molecular complexity index is 4390. The van der Waals surface area contributed by atoms with Gasteiger partial charge in [0.2, 0.25) is 59.3 Å². The van der Waals surface area contributed by atoms with E-state index >= 15 is 24.0 Å². The van der Waals surface area contributed by atoms with E-state index < -0.39 is 192 Å². The van der Waals surface area contributed by atoms with Crippen molar-refractivity contribution in [2.45, 2.75) is 195 Å². The average molecular weight is 1590 g/mol. The maximum Gasteiger partial charge on any atom is 0.412 e. The number of nitrogens with two attached hydrogens (primary N) is 1. The van der Waals surface area contributed by atoms with Crippen molar-refractivity contribution in [3.8, 4) is 57.1 Å². The van der Waals surface area contributed by atoms with E-state index in [2.05, 4.69) is 54.8 Å². The van der Waals surface area contributed by atoms with Gasteiger partial charge in [0.1, 0.15) is 102 Å². The number of fused-ring (bicyclic) bond motifs is 15. The van der Waals surface area contributed by atoms with Crippen LogP contribution in [0.15, 0.2) is 78.9 Å². The van der Waals surface area contributed by atoms with Gasteiger partial charge in [-0.3, -0.25) is 38.4 Å². The molecule has 19 N–H and O–H groups in total. The molecule has 9 amide bonds. The number of aliphatic hydroxyl groups is 6. The normalized spacial score (nSPS) is 28.3. The standard InChI is InChI=1S/C78H94Cl2N10O22/c1-5-6-7-8-9-10-17-83-78(107)108-42-29-44-57(50(93)30-42)43-24-36(11-14-49(43)92)59-72(102)90-63(76(106)88-61(44)74(104)85-58-39-20-34-19-35(22-39)23-40(58)21-34)65(96)38-13-16-52(46(80)26-38)110-54-28-41-27-53(69(54)112-77-68(99)67(98)66(97)55(32-91)111-77)109-51-15-12-37(25-45(51)79)64(95)62(89-70(100)47(82-4)18-33(2)3)75(105)84-48(31-56(81)94)71(101)86-60(41)73(103)87-59/h11-16,24-30,33-35,39-40,47-48,55,58-68,77,82,91-93,95-99H,5-10,17-23,31-32H2,1-4H3,(H2,81,94)(H,83,107)(H,84,105)(H,85,104)(H,86,101)(H,87,103)(H,88,106)(H,89,100)(H,90,102)/t34?,35?,39?,40?,47-,48+,55?,58?,59-,60-,61+,62-,63+,64-,65-,66?,67?,68?,77?/m1/s1. The minimum absolute atomic E-state index is 0.0511. The first-order valence-corrected chi connectivity index (χ1v) is 38.4. The van der Waals surface area contributed by atoms with Gasteiger partial charge in [0, 0.05) is 29.8 Å². The van der Waals surface area contributed by atoms with Gasteiger partial charge in [-0.1, -0.05) is 94.3 Å². The summed E-state index contributed by atoms with van der Waals surface area (Å²) in [5.41, 5.74) is 3.72. The Morgan fingerprint density at radius 2 is 1.24 bits per heavy atom. The molecule has 34 heteroatoms. The number of hydrogen-bond donors (Lipinski definition) is 18. The number of primary amides is 1. The zero-order valence-electron chi connectivity index (χ0n) is 61.8. The Morgan fingerprint density at radius 1 is 0.634 bits per heavy atom. The molecule has 5 aromatic carbocycles. The topological polar surface area (TPSA) is 496 Å². The van der Waals surface area contributed by atoms with E-state index in [-0.39, 0.29) is 91.4 Å². The van der Waals surface area contributed by atoms with E-state index in [1.807, 2.05) is 13.8 Å². The number of hydrogen-bond acceptors (Lipinski definition) is 23. The third-order valence-electron chi connectivity index (χ3n) is 21.9. The zero-order chi connectivity index (χ0) is 80.3. The molecule has 15 rings (SSSR count). The molecular weight excluding hydrogens is 1500 g/mol. The number of phenols is 2. The van der Waals surface area contributed by atoms with E-state index in [1.54, 1.807) is 0 Å². The Hall–Kier alpha value is -9.61. The number of carbonyl (C=O) groups excluding carboxylic acids is 9. The molecule has 602 valence electrons. The third kappa shape index (κ3) is 18.1. The first-order chi connectivity index (χ1) is 53.5. The van der Waals surface area contributed by atoms with Crippen molar-refractivity contribution in [1.82, 2.24) is 47.9 Å². The van der Waals surface area contributed by atoms with Crippen molar-refractivity contribution >= 4 is 76.6 Å². The fraction of sp³-hybridized carbons (Fsp3) is 0.500. The van der Waals surface area contributed by atoms with Gasteiger partial charge < -0.3 is 118 Å². The molecule has 1 saturated heterocycles. The van der Waals surface area contributed by atoms with Gasteiger partial charge in [0.15, 0.2) is 11.5 Å². The highest BCUT2D eigenvalue weighted by Gasteiger charge is 2.51. The molecule has 4 aliphatic carbocycles. The van der Waals surface area contributed by atoms with Crippen molar-refractivity contribution in [3.63, 3.8) is 0 Å². The van der Waals surface area contributed by atoms with Crippen LogP contribution in [-0.4, -0.2) is 175 Å². The molecule has 0 radical (unpaired) electrons. The number of halogens is 2. The van der Waals surface area contributed by atoms with Gasteiger partial charge in [-0.25, -0.2) is 4.79 Å². The number of rotatable bonds is 20. The van der Waals surface area contributed by atoms with E-state index in [9.17, 15) is 60.0 Å². The lowest BCUT2D eigenvalue weighted by Gasteiger charge is -2.54. The largest absolute Gasteiger partial charge is 0.507 e. The highest BCUT2D eigenvalue weighted by molar-refractivity contribution is 6.32. The minimum atomic E-state index is -2.31. The molecule has 5 aromatic rings. The van der Waals surface area contributed by atoms with Crippen LogP contribution in [0.5, 0.6) is 46.0 Å². The molecule has 15 bridgehead atoms. The van der Waals surface area contributed by atoms with Crippen LogP contribution in [0.1, 0.15) is 162 Å². The number of amides is 9. The Labute approximate surface area is 653 Å². The fourth-order valence-electron chi connectivity index (χ4n) is 16.4. The summed E-state index contributed by atoms with van der Waals surface area (Å²) in [6.45, 7) is 5.03. The third-order valence-corrected chi connectivity index (χ3v) is 22.5. The van der Waals surface area contributed by atoms with E-state index in [1.165, 1.54) is 37.4 Å². The molecule has 14 atom stereocenters. The molecule has 4 saturated carbocycles. The van der Waals surface area contributed by atoms with E-state index in [0.29, 0.717) is 18.3 Å². The molecule has 6 aliphatic heterocycles. The monoisotopic (exact) mass is 1590 g/mol. The second-order valence-electron chi connectivity index (χ2n) is 30.4. The van der Waals surface area contributed by atoms with Crippen LogP contribution in [0.25, 0.3) is 11.1 Å². The summed E-state index contributed by atoms with van der Waals surface area (Å²) in [5.74, 6) is -12.9. The molecule has 112 heavy (non-hydrogen) atoms. The first-order valence-electron chi connectivity index (χ1n) is 37.7. The molecule has 6 heterocycles. The maximum atomic E-state index is 16.2. The van der Waals surface area contributed by atoms with Gasteiger partial charge in [0.25, 0.3) is 0 Å². The molecule has 5 fully saturated rings. The Balaban J connectivity index is 1.05. The number of phenolic OH excluding ortho intramolecular Hbond substituents is 2. The lowest BCUT2D eigenvalue weighted by Crippen LogP contribution is -2.60. The van der Waals surface area contributed by atoms with Crippen LogP contribution in [0.3, 0.4) is 0 Å². The van der Waals surface area contributed by atoms with Gasteiger partial charge in [-0.05, 0) is 164 Å². The maximum absolute atomic E-state index is 16.2. The summed E-state index contributed by atoms with van der Waals surface area (Å²) in [6.07, 6.45) is -5.93. The number of likely N-dealkylation sites (N-methyl/N-ethyl adjacent to an activating group) is 1. The van der Waals surface area contributed by atoms with Crippen LogP contribution in [0.4, 0.5) is 4.79 Å². The van der Waals surface area contributed by atoms with Gasteiger partial charge in [-0.15, -0.1) is 0 Å². The predicted octanol–water partition coefficient (Wildman–Crippen LogP) is 4.47. The molecular formula is C78H94Cl2N10O22. The zero-order valence-corrected chi connectivity index (χ0v) is 63.3. The summed E-state index contributed by atoms with van der Waals surface area (Å²) in [5, 5.41) is 117. The van der Waals surface area contributed by atoms with Gasteiger partial charge in [0.05, 0.1) is 29.1 Å². The lowest BCUT2D eigenvalue weighted by atomic mass is 9.54. The summed E-state index contributed by atoms with van der Waals surface area (Å²) in [6, 6.07) is 0.702. The number of aromatic hydroxyl groups is 2. The summed E-state index contributed by atoms with van der Waals surface area (Å²) in [4.78, 5) is 135. The predicted molar refractivity (Wildman–Crippen MR) is 400 cm³/mol. The summed E-state index contributed by atoms with van der Waals surface area (Å²) < 4.78 is 31.1. The SMILES string of the molecule is CCCCCCCCNC(=O)Oc1cc(O)c2c(c1)[C@@H](C(=O)NC1C3CC4CC(C3)CC1C4)NC(=O)[C@H]1NC(=O)[C@H](NC(=O)[C@@H]3NC(=O)[C@H](CC(N)=O)NC(=O)[C@H](NC(=O)[C@@H](CC(C)C)NC)[C@H](O)c4ccc(c(Cl)c4)Oc4cc3cc(c4OC3OC(CO)C(O)C(O)C3O)Oc3ccc(cc3Cl)[C@H]1O)c1ccc(O)c-2c1. The quantitative estimate of drug-likeness (QED) is 0.0478. The van der Waals surface area contributed by atoms with Crippen molar-refractivity contribution in [2.24, 2.45) is 35.3 Å².